The van der Waals surface area contributed by atoms with Gasteiger partial charge in [0.1, 0.15) is 18.4 Å². The summed E-state index contributed by atoms with van der Waals surface area (Å²) in [5.74, 6) is -0.165. The van der Waals surface area contributed by atoms with Crippen LogP contribution in [0.4, 0.5) is 0 Å². The van der Waals surface area contributed by atoms with Crippen LogP contribution < -0.4 is 10.1 Å². The molecule has 0 heterocycles. The van der Waals surface area contributed by atoms with Gasteiger partial charge in [-0.3, -0.25) is 4.79 Å². The van der Waals surface area contributed by atoms with Crippen molar-refractivity contribution in [3.63, 3.8) is 0 Å². The van der Waals surface area contributed by atoms with Crippen molar-refractivity contribution in [2.75, 3.05) is 13.2 Å². The number of para-hydroxylation sites is 1. The minimum Gasteiger partial charge on any atom is -0.491 e. The van der Waals surface area contributed by atoms with Crippen LogP contribution in [0.5, 0.6) is 5.75 Å². The monoisotopic (exact) mass is 259 g/mol. The highest BCUT2D eigenvalue weighted by Crippen LogP contribution is 2.16. The lowest BCUT2D eigenvalue weighted by Crippen LogP contribution is -2.41. The van der Waals surface area contributed by atoms with Crippen molar-refractivity contribution >= 4 is 18.4 Å². The topological polar surface area (TPSA) is 58.6 Å². The Morgan fingerprint density at radius 2 is 2.12 bits per heavy atom. The molecular formula is C12H18ClNO3. The number of hydrogen-bond acceptors (Lipinski definition) is 3. The molecule has 17 heavy (non-hydrogen) atoms. The fraction of sp³-hybridized carbons (Fsp3) is 0.417. The van der Waals surface area contributed by atoms with Gasteiger partial charge in [-0.15, -0.1) is 12.4 Å². The maximum atomic E-state index is 10.9. The first-order valence-electron chi connectivity index (χ1n) is 5.29. The molecule has 0 unspecified atom stereocenters. The summed E-state index contributed by atoms with van der Waals surface area (Å²) in [6, 6.07) is 6.88. The fourth-order valence-corrected chi connectivity index (χ4v) is 1.36. The molecule has 0 bridgehead atoms. The van der Waals surface area contributed by atoms with Gasteiger partial charge in [0.05, 0.1) is 0 Å². The SMILES string of the molecule is CCN[C@@H](COc1ccccc1C)C(=O)O.Cl. The van der Waals surface area contributed by atoms with Crippen LogP contribution in [0, 0.1) is 6.92 Å². The van der Waals surface area contributed by atoms with E-state index in [1.807, 2.05) is 38.1 Å². The number of halogens is 1. The number of aliphatic carboxylic acids is 1. The molecule has 96 valence electrons. The molecule has 0 spiro atoms. The van der Waals surface area contributed by atoms with Gasteiger partial charge in [-0.05, 0) is 25.1 Å². The molecule has 2 N–H and O–H groups in total. The number of rotatable bonds is 6. The van der Waals surface area contributed by atoms with Crippen LogP contribution in [-0.4, -0.2) is 30.3 Å². The maximum absolute atomic E-state index is 10.9. The Balaban J connectivity index is 0.00000256. The molecule has 1 rings (SSSR count). The molecule has 1 aromatic rings. The summed E-state index contributed by atoms with van der Waals surface area (Å²) in [6.45, 7) is 4.53. The lowest BCUT2D eigenvalue weighted by molar-refractivity contribution is -0.140. The zero-order chi connectivity index (χ0) is 12.0. The predicted molar refractivity (Wildman–Crippen MR) is 69.0 cm³/mol. The molecule has 0 radical (unpaired) electrons. The third-order valence-corrected chi connectivity index (χ3v) is 2.25. The number of carboxylic acids is 1. The molecule has 1 atom stereocenters. The Morgan fingerprint density at radius 3 is 2.65 bits per heavy atom. The normalized spacial score (nSPS) is 11.4. The number of ether oxygens (including phenoxy) is 1. The van der Waals surface area contributed by atoms with Crippen LogP contribution in [0.15, 0.2) is 24.3 Å². The molecule has 0 fully saturated rings. The molecule has 0 aliphatic rings. The molecule has 0 aliphatic heterocycles. The highest BCUT2D eigenvalue weighted by Gasteiger charge is 2.16. The highest BCUT2D eigenvalue weighted by molar-refractivity contribution is 5.85. The largest absolute Gasteiger partial charge is 0.491 e. The van der Waals surface area contributed by atoms with Crippen molar-refractivity contribution < 1.29 is 14.6 Å². The second-order valence-electron chi connectivity index (χ2n) is 3.53. The molecule has 0 amide bonds. The van der Waals surface area contributed by atoms with Crippen molar-refractivity contribution in [2.24, 2.45) is 0 Å². The van der Waals surface area contributed by atoms with Gasteiger partial charge in [0.25, 0.3) is 0 Å². The second kappa shape index (κ2) is 7.92. The second-order valence-corrected chi connectivity index (χ2v) is 3.53. The number of hydrogen-bond donors (Lipinski definition) is 2. The van der Waals surface area contributed by atoms with E-state index in [1.165, 1.54) is 0 Å². The molecule has 5 heteroatoms. The van der Waals surface area contributed by atoms with E-state index >= 15 is 0 Å². The van der Waals surface area contributed by atoms with Gasteiger partial charge in [0.2, 0.25) is 0 Å². The number of nitrogens with one attached hydrogen (secondary N) is 1. The molecule has 0 saturated heterocycles. The summed E-state index contributed by atoms with van der Waals surface area (Å²) in [4.78, 5) is 10.9. The molecule has 0 aromatic heterocycles. The van der Waals surface area contributed by atoms with Crippen molar-refractivity contribution in [1.82, 2.24) is 5.32 Å². The summed E-state index contributed by atoms with van der Waals surface area (Å²) >= 11 is 0. The minimum absolute atomic E-state index is 0. The first-order chi connectivity index (χ1) is 7.65. The van der Waals surface area contributed by atoms with Gasteiger partial charge < -0.3 is 15.2 Å². The predicted octanol–water partition coefficient (Wildman–Crippen LogP) is 1.86. The average molecular weight is 260 g/mol. The van der Waals surface area contributed by atoms with Gasteiger partial charge >= 0.3 is 5.97 Å². The fourth-order valence-electron chi connectivity index (χ4n) is 1.36. The van der Waals surface area contributed by atoms with E-state index in [2.05, 4.69) is 5.32 Å². The molecule has 0 aliphatic carbocycles. The van der Waals surface area contributed by atoms with Crippen molar-refractivity contribution in [3.8, 4) is 5.75 Å². The smallest absolute Gasteiger partial charge is 0.324 e. The summed E-state index contributed by atoms with van der Waals surface area (Å²) in [7, 11) is 0. The Labute approximate surface area is 107 Å². The lowest BCUT2D eigenvalue weighted by Gasteiger charge is -2.15. The van der Waals surface area contributed by atoms with E-state index in [0.717, 1.165) is 11.3 Å². The van der Waals surface area contributed by atoms with Gasteiger partial charge in [0.15, 0.2) is 0 Å². The van der Waals surface area contributed by atoms with Crippen molar-refractivity contribution in [3.05, 3.63) is 29.8 Å². The van der Waals surface area contributed by atoms with Crippen LogP contribution >= 0.6 is 12.4 Å². The van der Waals surface area contributed by atoms with E-state index in [4.69, 9.17) is 9.84 Å². The quantitative estimate of drug-likeness (QED) is 0.819. The van der Waals surface area contributed by atoms with Gasteiger partial charge in [-0.1, -0.05) is 25.1 Å². The summed E-state index contributed by atoms with van der Waals surface area (Å²) in [5.41, 5.74) is 1.00. The molecule has 1 aromatic carbocycles. The van der Waals surface area contributed by atoms with Gasteiger partial charge in [-0.2, -0.15) is 0 Å². The van der Waals surface area contributed by atoms with E-state index in [9.17, 15) is 4.79 Å². The van der Waals surface area contributed by atoms with Crippen LogP contribution in [0.25, 0.3) is 0 Å². The molecular weight excluding hydrogens is 242 g/mol. The minimum atomic E-state index is -0.893. The van der Waals surface area contributed by atoms with E-state index in [1.54, 1.807) is 0 Å². The van der Waals surface area contributed by atoms with Crippen molar-refractivity contribution in [1.29, 1.82) is 0 Å². The van der Waals surface area contributed by atoms with E-state index in [-0.39, 0.29) is 19.0 Å². The summed E-state index contributed by atoms with van der Waals surface area (Å²) in [5, 5.41) is 11.8. The summed E-state index contributed by atoms with van der Waals surface area (Å²) < 4.78 is 5.47. The van der Waals surface area contributed by atoms with Gasteiger partial charge in [-0.25, -0.2) is 0 Å². The van der Waals surface area contributed by atoms with Crippen molar-refractivity contribution in [2.45, 2.75) is 19.9 Å². The number of likely N-dealkylation sites (N-methyl/N-ethyl adjacent to an activating group) is 1. The number of benzene rings is 1. The number of carboxylic acid groups (broad SMARTS) is 1. The standard InChI is InChI=1S/C12H17NO3.ClH/c1-3-13-10(12(14)15)8-16-11-7-5-4-6-9(11)2;/h4-7,10,13H,3,8H2,1-2H3,(H,14,15);1H/t10-;/m0./s1. The van der Waals surface area contributed by atoms with Gasteiger partial charge in [0, 0.05) is 0 Å². The Hall–Kier alpha value is -1.26. The Morgan fingerprint density at radius 1 is 1.47 bits per heavy atom. The molecule has 4 nitrogen and oxygen atoms in total. The Bertz CT molecular complexity index is 357. The third kappa shape index (κ3) is 5.06. The maximum Gasteiger partial charge on any atom is 0.324 e. The third-order valence-electron chi connectivity index (χ3n) is 2.25. The van der Waals surface area contributed by atoms with Crippen LogP contribution in [0.1, 0.15) is 12.5 Å². The van der Waals surface area contributed by atoms with Crippen LogP contribution in [0.2, 0.25) is 0 Å². The number of aryl methyl sites for hydroxylation is 1. The summed E-state index contributed by atoms with van der Waals surface area (Å²) in [6.07, 6.45) is 0. The highest BCUT2D eigenvalue weighted by atomic mass is 35.5. The molecule has 0 saturated carbocycles. The first kappa shape index (κ1) is 15.7. The number of carbonyl (C=O) groups is 1. The zero-order valence-corrected chi connectivity index (χ0v) is 10.8. The average Bonchev–Trinajstić information content (AvgIpc) is 2.26. The zero-order valence-electron chi connectivity index (χ0n) is 9.97. The van der Waals surface area contributed by atoms with Crippen LogP contribution in [-0.2, 0) is 4.79 Å². The van der Waals surface area contributed by atoms with E-state index in [0.29, 0.717) is 6.54 Å². The first-order valence-corrected chi connectivity index (χ1v) is 5.29. The van der Waals surface area contributed by atoms with E-state index < -0.39 is 12.0 Å². The van der Waals surface area contributed by atoms with Crippen LogP contribution in [0.3, 0.4) is 0 Å². The lowest BCUT2D eigenvalue weighted by atomic mass is 10.2. The Kier molecular flexibility index (Phi) is 7.34.